The molecule has 0 radical (unpaired) electrons. The van der Waals surface area contributed by atoms with Gasteiger partial charge in [0.25, 0.3) is 0 Å². The van der Waals surface area contributed by atoms with Gasteiger partial charge in [-0.25, -0.2) is 14.4 Å². The summed E-state index contributed by atoms with van der Waals surface area (Å²) in [5.41, 5.74) is -0.237. The predicted molar refractivity (Wildman–Crippen MR) is 74.7 cm³/mol. The molecule has 1 aromatic carbocycles. The van der Waals surface area contributed by atoms with Crippen molar-refractivity contribution in [2.45, 2.75) is 6.42 Å². The molecule has 1 aliphatic rings. The summed E-state index contributed by atoms with van der Waals surface area (Å²) in [5.74, 6) is -2.51. The standard InChI is InChI=1S/C14H14N2O5/c17-12(18)9-6-10(13(19)20)8-11(7-9)15-14(21)16-4-2-1-3-5-16/h1-2,6-8H,3-5H2,(H,15,21)(H,17,18)(H,19,20). The summed E-state index contributed by atoms with van der Waals surface area (Å²) in [4.78, 5) is 35.5. The van der Waals surface area contributed by atoms with Crippen molar-refractivity contribution >= 4 is 23.7 Å². The first kappa shape index (κ1) is 14.6. The number of nitrogens with one attached hydrogen (secondary N) is 1. The lowest BCUT2D eigenvalue weighted by molar-refractivity contribution is 0.0696. The Balaban J connectivity index is 2.22. The van der Waals surface area contributed by atoms with Gasteiger partial charge in [0.1, 0.15) is 0 Å². The van der Waals surface area contributed by atoms with Crippen LogP contribution in [0.15, 0.2) is 30.4 Å². The lowest BCUT2D eigenvalue weighted by atomic mass is 10.1. The van der Waals surface area contributed by atoms with Crippen LogP contribution in [0.25, 0.3) is 0 Å². The summed E-state index contributed by atoms with van der Waals surface area (Å²) < 4.78 is 0. The smallest absolute Gasteiger partial charge is 0.335 e. The van der Waals surface area contributed by atoms with E-state index in [0.717, 1.165) is 12.5 Å². The molecule has 21 heavy (non-hydrogen) atoms. The highest BCUT2D eigenvalue weighted by Crippen LogP contribution is 2.16. The minimum atomic E-state index is -1.26. The minimum absolute atomic E-state index is 0.145. The summed E-state index contributed by atoms with van der Waals surface area (Å²) in [6, 6.07) is 3.11. The fourth-order valence-electron chi connectivity index (χ4n) is 1.97. The number of rotatable bonds is 3. The number of amides is 2. The number of hydrogen-bond acceptors (Lipinski definition) is 3. The van der Waals surface area contributed by atoms with Gasteiger partial charge in [-0.15, -0.1) is 0 Å². The highest BCUT2D eigenvalue weighted by Gasteiger charge is 2.16. The maximum Gasteiger partial charge on any atom is 0.335 e. The van der Waals surface area contributed by atoms with Gasteiger partial charge in [-0.1, -0.05) is 12.2 Å². The Morgan fingerprint density at radius 2 is 1.62 bits per heavy atom. The number of nitrogens with zero attached hydrogens (tertiary/aromatic N) is 1. The molecule has 7 nitrogen and oxygen atoms in total. The molecule has 0 atom stereocenters. The third kappa shape index (κ3) is 3.59. The van der Waals surface area contributed by atoms with Gasteiger partial charge in [0.15, 0.2) is 0 Å². The van der Waals surface area contributed by atoms with Gasteiger partial charge in [0.2, 0.25) is 0 Å². The number of hydrogen-bond donors (Lipinski definition) is 3. The van der Waals surface area contributed by atoms with Crippen LogP contribution >= 0.6 is 0 Å². The fraction of sp³-hybridized carbons (Fsp3) is 0.214. The summed E-state index contributed by atoms with van der Waals surface area (Å²) in [7, 11) is 0. The molecule has 2 rings (SSSR count). The molecule has 0 bridgehead atoms. The quantitative estimate of drug-likeness (QED) is 0.737. The molecule has 1 aromatic rings. The molecule has 110 valence electrons. The molecule has 0 spiro atoms. The SMILES string of the molecule is O=C(O)c1cc(NC(=O)N2CC=CCC2)cc(C(=O)O)c1. The van der Waals surface area contributed by atoms with Gasteiger partial charge in [0, 0.05) is 18.8 Å². The van der Waals surface area contributed by atoms with Gasteiger partial charge >= 0.3 is 18.0 Å². The van der Waals surface area contributed by atoms with Crippen molar-refractivity contribution in [3.05, 3.63) is 41.5 Å². The van der Waals surface area contributed by atoms with Crippen molar-refractivity contribution in [1.29, 1.82) is 0 Å². The van der Waals surface area contributed by atoms with Gasteiger partial charge in [-0.2, -0.15) is 0 Å². The summed E-state index contributed by atoms with van der Waals surface area (Å²) in [6.07, 6.45) is 4.58. The zero-order valence-corrected chi connectivity index (χ0v) is 11.1. The molecular weight excluding hydrogens is 276 g/mol. The second-order valence-electron chi connectivity index (χ2n) is 4.55. The first-order valence-electron chi connectivity index (χ1n) is 6.30. The van der Waals surface area contributed by atoms with Gasteiger partial charge in [0.05, 0.1) is 11.1 Å². The van der Waals surface area contributed by atoms with Crippen LogP contribution in [0.2, 0.25) is 0 Å². The number of carboxylic acid groups (broad SMARTS) is 2. The Morgan fingerprint density at radius 1 is 1.00 bits per heavy atom. The van der Waals surface area contributed by atoms with Crippen LogP contribution in [0.1, 0.15) is 27.1 Å². The fourth-order valence-corrected chi connectivity index (χ4v) is 1.97. The molecule has 3 N–H and O–H groups in total. The zero-order valence-electron chi connectivity index (χ0n) is 11.1. The van der Waals surface area contributed by atoms with Crippen molar-refractivity contribution in [2.75, 3.05) is 18.4 Å². The van der Waals surface area contributed by atoms with Crippen molar-refractivity contribution in [1.82, 2.24) is 4.90 Å². The number of aromatic carboxylic acids is 2. The molecule has 0 fully saturated rings. The average Bonchev–Trinajstić information content (AvgIpc) is 2.47. The molecule has 0 saturated carbocycles. The van der Waals surface area contributed by atoms with Crippen LogP contribution in [-0.2, 0) is 0 Å². The second-order valence-corrected chi connectivity index (χ2v) is 4.55. The third-order valence-corrected chi connectivity index (χ3v) is 3.02. The van der Waals surface area contributed by atoms with Crippen molar-refractivity contribution in [3.8, 4) is 0 Å². The Hall–Kier alpha value is -2.83. The van der Waals surface area contributed by atoms with Crippen LogP contribution in [-0.4, -0.2) is 46.2 Å². The maximum atomic E-state index is 12.0. The van der Waals surface area contributed by atoms with E-state index in [1.807, 2.05) is 12.2 Å². The van der Waals surface area contributed by atoms with Gasteiger partial charge in [-0.3, -0.25) is 0 Å². The summed E-state index contributed by atoms with van der Waals surface area (Å²) in [6.45, 7) is 1.03. The lowest BCUT2D eigenvalue weighted by Gasteiger charge is -2.23. The van der Waals surface area contributed by atoms with E-state index < -0.39 is 18.0 Å². The summed E-state index contributed by atoms with van der Waals surface area (Å²) in [5, 5.41) is 20.5. The normalized spacial score (nSPS) is 13.8. The first-order valence-corrected chi connectivity index (χ1v) is 6.30. The van der Waals surface area contributed by atoms with Gasteiger partial charge < -0.3 is 20.4 Å². The largest absolute Gasteiger partial charge is 0.478 e. The predicted octanol–water partition coefficient (Wildman–Crippen LogP) is 1.88. The van der Waals surface area contributed by atoms with E-state index in [9.17, 15) is 14.4 Å². The molecule has 0 saturated heterocycles. The van der Waals surface area contributed by atoms with E-state index in [0.29, 0.717) is 13.1 Å². The van der Waals surface area contributed by atoms with Crippen molar-refractivity contribution in [2.24, 2.45) is 0 Å². The monoisotopic (exact) mass is 290 g/mol. The molecule has 7 heteroatoms. The number of benzene rings is 1. The van der Waals surface area contributed by atoms with Crippen LogP contribution in [0.5, 0.6) is 0 Å². The van der Waals surface area contributed by atoms with Crippen LogP contribution in [0.3, 0.4) is 0 Å². The molecule has 0 aromatic heterocycles. The number of anilines is 1. The molecule has 1 heterocycles. The topological polar surface area (TPSA) is 107 Å². The van der Waals surface area contributed by atoms with Crippen LogP contribution in [0.4, 0.5) is 10.5 Å². The summed E-state index contributed by atoms with van der Waals surface area (Å²) >= 11 is 0. The number of carboxylic acids is 2. The van der Waals surface area contributed by atoms with E-state index in [4.69, 9.17) is 10.2 Å². The van der Waals surface area contributed by atoms with E-state index in [1.165, 1.54) is 12.1 Å². The average molecular weight is 290 g/mol. The van der Waals surface area contributed by atoms with Crippen LogP contribution in [0, 0.1) is 0 Å². The van der Waals surface area contributed by atoms with Crippen molar-refractivity contribution in [3.63, 3.8) is 0 Å². The lowest BCUT2D eigenvalue weighted by Crippen LogP contribution is -2.37. The Kier molecular flexibility index (Phi) is 4.22. The molecule has 0 aliphatic carbocycles. The molecule has 0 unspecified atom stereocenters. The third-order valence-electron chi connectivity index (χ3n) is 3.02. The molecule has 1 aliphatic heterocycles. The molecular formula is C14H14N2O5. The van der Waals surface area contributed by atoms with Gasteiger partial charge in [-0.05, 0) is 24.6 Å². The zero-order chi connectivity index (χ0) is 15.4. The Labute approximate surface area is 120 Å². The van der Waals surface area contributed by atoms with E-state index in [1.54, 1.807) is 4.90 Å². The number of carbonyl (C=O) groups excluding carboxylic acids is 1. The van der Waals surface area contributed by atoms with E-state index >= 15 is 0 Å². The molecule has 2 amide bonds. The van der Waals surface area contributed by atoms with Crippen LogP contribution < -0.4 is 5.32 Å². The van der Waals surface area contributed by atoms with E-state index in [2.05, 4.69) is 5.32 Å². The van der Waals surface area contributed by atoms with E-state index in [-0.39, 0.29) is 16.8 Å². The second kappa shape index (κ2) is 6.08. The number of carbonyl (C=O) groups is 3. The number of urea groups is 1. The van der Waals surface area contributed by atoms with Crippen molar-refractivity contribution < 1.29 is 24.6 Å². The highest BCUT2D eigenvalue weighted by atomic mass is 16.4. The first-order chi connectivity index (χ1) is 9.97. The Morgan fingerprint density at radius 3 is 2.10 bits per heavy atom. The maximum absolute atomic E-state index is 12.0. The Bertz CT molecular complexity index is 592. The highest BCUT2D eigenvalue weighted by molar-refractivity contribution is 5.98. The minimum Gasteiger partial charge on any atom is -0.478 e.